The van der Waals surface area contributed by atoms with Gasteiger partial charge in [0, 0.05) is 24.4 Å². The van der Waals surface area contributed by atoms with Gasteiger partial charge in [-0.05, 0) is 42.7 Å². The van der Waals surface area contributed by atoms with E-state index in [4.69, 9.17) is 0 Å². The molecule has 0 radical (unpaired) electrons. The normalized spacial score (nSPS) is 17.2. The summed E-state index contributed by atoms with van der Waals surface area (Å²) >= 11 is 1.46. The molecule has 1 saturated heterocycles. The first kappa shape index (κ1) is 15.9. The van der Waals surface area contributed by atoms with E-state index in [-0.39, 0.29) is 17.5 Å². The minimum absolute atomic E-state index is 0.0800. The zero-order chi connectivity index (χ0) is 17.4. The van der Waals surface area contributed by atoms with E-state index < -0.39 is 0 Å². The number of hydrogen-bond donors (Lipinski definition) is 0. The van der Waals surface area contributed by atoms with E-state index in [9.17, 15) is 9.59 Å². The number of carbonyl (C=O) groups excluding carboxylic acids is 1. The molecule has 0 aliphatic carbocycles. The first-order valence-electron chi connectivity index (χ1n) is 8.27. The first-order chi connectivity index (χ1) is 12.1. The molecule has 2 aromatic heterocycles. The third-order valence-electron chi connectivity index (χ3n) is 4.57. The number of rotatable bonds is 2. The summed E-state index contributed by atoms with van der Waals surface area (Å²) in [6, 6.07) is 11.4. The van der Waals surface area contributed by atoms with Crippen LogP contribution < -0.4 is 5.56 Å². The third kappa shape index (κ3) is 2.93. The smallest absolute Gasteiger partial charge is 0.279 e. The van der Waals surface area contributed by atoms with Crippen LogP contribution in [0.15, 0.2) is 47.4 Å². The van der Waals surface area contributed by atoms with Crippen molar-refractivity contribution in [3.8, 4) is 10.7 Å². The fourth-order valence-corrected chi connectivity index (χ4v) is 4.35. The molecule has 0 spiro atoms. The van der Waals surface area contributed by atoms with Gasteiger partial charge in [0.1, 0.15) is 5.01 Å². The van der Waals surface area contributed by atoms with Crippen LogP contribution in [0.2, 0.25) is 0 Å². The van der Waals surface area contributed by atoms with Crippen molar-refractivity contribution in [1.82, 2.24) is 14.9 Å². The molecule has 0 N–H and O–H groups in total. The summed E-state index contributed by atoms with van der Waals surface area (Å²) in [5.41, 5.74) is 1.50. The van der Waals surface area contributed by atoms with Gasteiger partial charge in [0.2, 0.25) is 5.91 Å². The Hall–Kier alpha value is -2.60. The summed E-state index contributed by atoms with van der Waals surface area (Å²) in [4.78, 5) is 34.6. The van der Waals surface area contributed by atoms with Crippen molar-refractivity contribution in [3.05, 3.63) is 58.5 Å². The highest BCUT2D eigenvalue weighted by molar-refractivity contribution is 7.21. The van der Waals surface area contributed by atoms with Gasteiger partial charge in [0.15, 0.2) is 0 Å². The summed E-state index contributed by atoms with van der Waals surface area (Å²) in [7, 11) is 0. The van der Waals surface area contributed by atoms with Crippen molar-refractivity contribution >= 4 is 27.3 Å². The summed E-state index contributed by atoms with van der Waals surface area (Å²) in [5.74, 6) is 0.0920. The Morgan fingerprint density at radius 3 is 2.96 bits per heavy atom. The second-order valence-electron chi connectivity index (χ2n) is 6.17. The molecule has 4 rings (SSSR count). The maximum atomic E-state index is 12.3. The Labute approximate surface area is 149 Å². The van der Waals surface area contributed by atoms with Crippen LogP contribution in [0.5, 0.6) is 0 Å². The van der Waals surface area contributed by atoms with Gasteiger partial charge >= 0.3 is 0 Å². The molecule has 1 fully saturated rings. The number of hydrogen-bond acceptors (Lipinski definition) is 5. The number of likely N-dealkylation sites (tertiary alicyclic amines) is 1. The maximum absolute atomic E-state index is 12.3. The number of fused-ring (bicyclic) bond motifs is 1. The molecule has 3 aromatic rings. The number of amides is 1. The first-order valence-corrected chi connectivity index (χ1v) is 9.08. The van der Waals surface area contributed by atoms with Crippen LogP contribution in [0.4, 0.5) is 0 Å². The van der Waals surface area contributed by atoms with Crippen LogP contribution in [0.3, 0.4) is 0 Å². The molecule has 1 aliphatic rings. The molecule has 1 aliphatic heterocycles. The molecule has 0 bridgehead atoms. The Morgan fingerprint density at radius 1 is 1.28 bits per heavy atom. The predicted molar refractivity (Wildman–Crippen MR) is 98.5 cm³/mol. The van der Waals surface area contributed by atoms with Gasteiger partial charge in [0.25, 0.3) is 5.56 Å². The Bertz CT molecular complexity index is 1010. The Morgan fingerprint density at radius 2 is 2.12 bits per heavy atom. The molecule has 25 heavy (non-hydrogen) atoms. The molecule has 6 heteroatoms. The van der Waals surface area contributed by atoms with E-state index in [1.165, 1.54) is 11.3 Å². The average molecular weight is 351 g/mol. The number of benzene rings is 1. The standard InChI is InChI=1S/C19H17N3O2S/c1-12(23)22-10-4-6-16(22)13-8-9-20-15(11-13)19-21-18(24)14-5-2-3-7-17(14)25-19/h2-3,5,7-9,11,16H,4,6,10H2,1H3. The predicted octanol–water partition coefficient (Wildman–Crippen LogP) is 3.40. The fourth-order valence-electron chi connectivity index (χ4n) is 3.38. The average Bonchev–Trinajstić information content (AvgIpc) is 3.12. The molecular formula is C19H17N3O2S. The topological polar surface area (TPSA) is 63.2 Å². The van der Waals surface area contributed by atoms with Gasteiger partial charge in [-0.25, -0.2) is 0 Å². The van der Waals surface area contributed by atoms with Crippen LogP contribution in [-0.2, 0) is 4.79 Å². The van der Waals surface area contributed by atoms with Crippen molar-refractivity contribution in [2.24, 2.45) is 0 Å². The summed E-state index contributed by atoms with van der Waals surface area (Å²) in [5, 5.41) is 1.24. The monoisotopic (exact) mass is 351 g/mol. The van der Waals surface area contributed by atoms with Gasteiger partial charge in [-0.15, -0.1) is 11.3 Å². The second-order valence-corrected chi connectivity index (χ2v) is 7.20. The van der Waals surface area contributed by atoms with Gasteiger partial charge in [0.05, 0.1) is 17.1 Å². The second kappa shape index (κ2) is 6.37. The van der Waals surface area contributed by atoms with Crippen molar-refractivity contribution in [2.45, 2.75) is 25.8 Å². The van der Waals surface area contributed by atoms with E-state index in [1.54, 1.807) is 19.2 Å². The maximum Gasteiger partial charge on any atom is 0.279 e. The number of nitrogens with zero attached hydrogens (tertiary/aromatic N) is 3. The molecule has 3 heterocycles. The lowest BCUT2D eigenvalue weighted by atomic mass is 10.0. The number of pyridine rings is 1. The highest BCUT2D eigenvalue weighted by Crippen LogP contribution is 2.33. The summed E-state index contributed by atoms with van der Waals surface area (Å²) in [6.45, 7) is 2.40. The van der Waals surface area contributed by atoms with Crippen LogP contribution in [0, 0.1) is 0 Å². The van der Waals surface area contributed by atoms with Crippen LogP contribution >= 0.6 is 11.3 Å². The SMILES string of the molecule is CC(=O)N1CCCC1c1ccnc(-c2nc(=O)c3ccccc3s2)c1. The van der Waals surface area contributed by atoms with Gasteiger partial charge in [-0.2, -0.15) is 4.98 Å². The van der Waals surface area contributed by atoms with Crippen molar-refractivity contribution in [3.63, 3.8) is 0 Å². The zero-order valence-corrected chi connectivity index (χ0v) is 14.6. The van der Waals surface area contributed by atoms with Crippen molar-refractivity contribution in [2.75, 3.05) is 6.54 Å². The largest absolute Gasteiger partial charge is 0.336 e. The molecular weight excluding hydrogens is 334 g/mol. The molecule has 126 valence electrons. The van der Waals surface area contributed by atoms with Gasteiger partial charge in [-0.1, -0.05) is 12.1 Å². The van der Waals surface area contributed by atoms with Crippen molar-refractivity contribution in [1.29, 1.82) is 0 Å². The molecule has 0 saturated carbocycles. The third-order valence-corrected chi connectivity index (χ3v) is 5.64. The Balaban J connectivity index is 1.77. The van der Waals surface area contributed by atoms with E-state index in [1.807, 2.05) is 35.2 Å². The van der Waals surface area contributed by atoms with Gasteiger partial charge in [-0.3, -0.25) is 14.6 Å². The lowest BCUT2D eigenvalue weighted by Gasteiger charge is -2.23. The number of carbonyl (C=O) groups is 1. The van der Waals surface area contributed by atoms with Gasteiger partial charge < -0.3 is 4.90 Å². The van der Waals surface area contributed by atoms with Crippen LogP contribution in [-0.4, -0.2) is 27.3 Å². The van der Waals surface area contributed by atoms with E-state index in [0.717, 1.165) is 29.6 Å². The minimum atomic E-state index is -0.234. The van der Waals surface area contributed by atoms with Crippen LogP contribution in [0.25, 0.3) is 20.8 Å². The van der Waals surface area contributed by atoms with E-state index >= 15 is 0 Å². The molecule has 1 aromatic carbocycles. The van der Waals surface area contributed by atoms with E-state index in [2.05, 4.69) is 9.97 Å². The summed E-state index contributed by atoms with van der Waals surface area (Å²) < 4.78 is 0.899. The quantitative estimate of drug-likeness (QED) is 0.710. The molecule has 1 amide bonds. The van der Waals surface area contributed by atoms with Crippen LogP contribution in [0.1, 0.15) is 31.4 Å². The lowest BCUT2D eigenvalue weighted by molar-refractivity contribution is -0.129. The fraction of sp³-hybridized carbons (Fsp3) is 0.263. The highest BCUT2D eigenvalue weighted by atomic mass is 32.1. The molecule has 5 nitrogen and oxygen atoms in total. The summed E-state index contributed by atoms with van der Waals surface area (Å²) in [6.07, 6.45) is 3.68. The molecule has 1 unspecified atom stereocenters. The Kier molecular flexibility index (Phi) is 4.05. The number of aromatic nitrogens is 2. The minimum Gasteiger partial charge on any atom is -0.336 e. The molecule has 1 atom stereocenters. The van der Waals surface area contributed by atoms with Crippen molar-refractivity contribution < 1.29 is 4.79 Å². The highest BCUT2D eigenvalue weighted by Gasteiger charge is 2.28. The lowest BCUT2D eigenvalue weighted by Crippen LogP contribution is -2.28. The van der Waals surface area contributed by atoms with E-state index in [0.29, 0.717) is 16.1 Å². The zero-order valence-electron chi connectivity index (χ0n) is 13.8.